The summed E-state index contributed by atoms with van der Waals surface area (Å²) < 4.78 is 36.3. The molecule has 1 saturated heterocycles. The van der Waals surface area contributed by atoms with Crippen LogP contribution in [0.5, 0.6) is 5.88 Å². The molecule has 6 rings (SSSR count). The maximum Gasteiger partial charge on any atom is 0.259 e. The van der Waals surface area contributed by atoms with E-state index in [4.69, 9.17) is 9.72 Å². The van der Waals surface area contributed by atoms with Gasteiger partial charge in [-0.05, 0) is 42.9 Å². The molecule has 204 valence electrons. The number of aromatic nitrogens is 1. The maximum absolute atomic E-state index is 13.2. The molecule has 3 heterocycles. The van der Waals surface area contributed by atoms with Gasteiger partial charge in [-0.15, -0.1) is 6.58 Å². The quantitative estimate of drug-likeness (QED) is 0.277. The number of hydrogen-bond acceptors (Lipinski definition) is 8. The van der Waals surface area contributed by atoms with Gasteiger partial charge in [0.05, 0.1) is 21.1 Å². The van der Waals surface area contributed by atoms with Crippen LogP contribution in [-0.2, 0) is 19.6 Å². The number of amides is 2. The molecule has 2 amide bonds. The topological polar surface area (TPSA) is 139 Å². The second-order valence-corrected chi connectivity index (χ2v) is 14.5. The smallest absolute Gasteiger partial charge is 0.259 e. The fourth-order valence-electron chi connectivity index (χ4n) is 4.95. The standard InChI is InChI=1S/C27H28IN5O5S/c1-2-17-13-27(17,26(35)33-39(36,37)19-7-8-19)32-24(34)23-12-18(14-30-23)38-25-20-6-4-3-5-16(20)11-22(31-25)21-9-10-29-15-28-21/h2-6,9-11,15,17-19,23,30H,1,7-8,12-14H2,(H,32,34)(H,33,35)/t17-,18-,23+,27-/m1/s1. The van der Waals surface area contributed by atoms with Gasteiger partial charge in [0.2, 0.25) is 21.8 Å². The molecule has 39 heavy (non-hydrogen) atoms. The molecule has 0 spiro atoms. The number of aliphatic imine (C=N–C) groups is 1. The van der Waals surface area contributed by atoms with E-state index >= 15 is 0 Å². The number of pyridine rings is 1. The molecular weight excluding hydrogens is 633 g/mol. The Bertz CT molecular complexity index is 1570. The number of allylic oxidation sites excluding steroid dienone is 1. The van der Waals surface area contributed by atoms with Crippen LogP contribution in [0, 0.1) is 5.92 Å². The zero-order valence-corrected chi connectivity index (χ0v) is 23.9. The first-order chi connectivity index (χ1) is 18.8. The molecule has 2 aliphatic heterocycles. The molecule has 2 aliphatic carbocycles. The maximum atomic E-state index is 13.2. The largest absolute Gasteiger partial charge is 0.472 e. The summed E-state index contributed by atoms with van der Waals surface area (Å²) in [5.74, 6) is -0.892. The number of fused-ring (bicyclic) bond motifs is 1. The minimum absolute atomic E-state index is 0.310. The molecule has 4 aliphatic rings. The predicted octanol–water partition coefficient (Wildman–Crippen LogP) is 2.17. The average Bonchev–Trinajstić information content (AvgIpc) is 3.86. The molecule has 0 radical (unpaired) electrons. The first kappa shape index (κ1) is 26.3. The summed E-state index contributed by atoms with van der Waals surface area (Å²) in [6.45, 7) is 4.16. The van der Waals surface area contributed by atoms with Crippen LogP contribution >= 0.6 is 20.7 Å². The summed E-state index contributed by atoms with van der Waals surface area (Å²) in [7, 11) is -3.73. The third-order valence-corrected chi connectivity index (χ3v) is 11.4. The molecule has 10 nitrogen and oxygen atoms in total. The summed E-state index contributed by atoms with van der Waals surface area (Å²) in [5.41, 5.74) is -0.442. The van der Waals surface area contributed by atoms with Crippen molar-refractivity contribution in [2.24, 2.45) is 10.9 Å². The van der Waals surface area contributed by atoms with Crippen molar-refractivity contribution in [3.63, 3.8) is 0 Å². The molecule has 1 aromatic heterocycles. The van der Waals surface area contributed by atoms with Crippen molar-refractivity contribution in [2.75, 3.05) is 6.54 Å². The zero-order valence-electron chi connectivity index (χ0n) is 21.0. The number of carbonyl (C=O) groups excluding carboxylic acids is 2. The van der Waals surface area contributed by atoms with E-state index < -0.39 is 32.8 Å². The fourth-order valence-corrected chi connectivity index (χ4v) is 7.93. The van der Waals surface area contributed by atoms with Crippen LogP contribution in [0.15, 0.2) is 54.1 Å². The highest BCUT2D eigenvalue weighted by Crippen LogP contribution is 2.45. The van der Waals surface area contributed by atoms with Gasteiger partial charge >= 0.3 is 0 Å². The minimum Gasteiger partial charge on any atom is -0.472 e. The Morgan fingerprint density at radius 2 is 2.08 bits per heavy atom. The Balaban J connectivity index is 1.15. The second-order valence-electron chi connectivity index (χ2n) is 10.2. The predicted molar refractivity (Wildman–Crippen MR) is 158 cm³/mol. The van der Waals surface area contributed by atoms with Crippen molar-refractivity contribution in [3.05, 3.63) is 54.8 Å². The average molecular weight is 662 g/mol. The highest BCUT2D eigenvalue weighted by Gasteiger charge is 2.61. The molecule has 0 unspecified atom stereocenters. The molecule has 2 saturated carbocycles. The lowest BCUT2D eigenvalue weighted by atomic mass is 10.1. The van der Waals surface area contributed by atoms with Crippen LogP contribution in [-0.4, -0.2) is 65.0 Å². The van der Waals surface area contributed by atoms with Gasteiger partial charge < -0.3 is 15.4 Å². The van der Waals surface area contributed by atoms with Gasteiger partial charge in [-0.1, -0.05) is 45.0 Å². The molecule has 2 aromatic rings. The molecule has 3 fully saturated rings. The van der Waals surface area contributed by atoms with E-state index in [9.17, 15) is 18.0 Å². The van der Waals surface area contributed by atoms with Gasteiger partial charge in [-0.25, -0.2) is 13.4 Å². The third-order valence-electron chi connectivity index (χ3n) is 7.41. The number of hydrogen-bond donors (Lipinski definition) is 3. The first-order valence-electron chi connectivity index (χ1n) is 12.8. The number of nitrogens with zero attached hydrogens (tertiary/aromatic N) is 2. The summed E-state index contributed by atoms with van der Waals surface area (Å²) in [4.78, 5) is 35.2. The molecule has 4 atom stereocenters. The van der Waals surface area contributed by atoms with Crippen molar-refractivity contribution in [2.45, 2.75) is 48.6 Å². The number of carbonyl (C=O) groups is 2. The summed E-state index contributed by atoms with van der Waals surface area (Å²) in [6, 6.07) is 9.36. The number of nitrogens with one attached hydrogen (secondary N) is 3. The Kier molecular flexibility index (Phi) is 6.88. The van der Waals surface area contributed by atoms with Gasteiger partial charge in [0.25, 0.3) is 5.91 Å². The zero-order chi connectivity index (χ0) is 27.2. The van der Waals surface area contributed by atoms with Crippen molar-refractivity contribution in [1.29, 1.82) is 0 Å². The Morgan fingerprint density at radius 1 is 1.26 bits per heavy atom. The van der Waals surface area contributed by atoms with Crippen LogP contribution < -0.4 is 20.1 Å². The molecule has 0 bridgehead atoms. The van der Waals surface area contributed by atoms with Gasteiger partial charge in [0.15, 0.2) is 0 Å². The van der Waals surface area contributed by atoms with Crippen LogP contribution in [0.3, 0.4) is 0 Å². The van der Waals surface area contributed by atoms with E-state index in [1.54, 1.807) is 12.3 Å². The molecule has 1 aromatic carbocycles. The van der Waals surface area contributed by atoms with Crippen LogP contribution in [0.2, 0.25) is 0 Å². The normalized spacial score (nSPS) is 27.8. The number of halogens is 1. The van der Waals surface area contributed by atoms with E-state index in [1.165, 1.54) is 0 Å². The highest BCUT2D eigenvalue weighted by molar-refractivity contribution is 14.2. The Morgan fingerprint density at radius 3 is 2.79 bits per heavy atom. The van der Waals surface area contributed by atoms with E-state index in [2.05, 4.69) is 33.0 Å². The fraction of sp³-hybridized carbons (Fsp3) is 0.370. The lowest BCUT2D eigenvalue weighted by Crippen LogP contribution is -2.55. The van der Waals surface area contributed by atoms with E-state index in [0.29, 0.717) is 38.1 Å². The van der Waals surface area contributed by atoms with E-state index in [0.717, 1.165) is 20.0 Å². The molecule has 12 heteroatoms. The second kappa shape index (κ2) is 10.2. The monoisotopic (exact) mass is 661 g/mol. The Hall–Kier alpha value is -2.97. The molecular formula is C27H28IN5O5S. The van der Waals surface area contributed by atoms with Crippen LogP contribution in [0.25, 0.3) is 14.4 Å². The van der Waals surface area contributed by atoms with Crippen molar-refractivity contribution in [3.8, 4) is 5.88 Å². The van der Waals surface area contributed by atoms with Gasteiger partial charge in [0.1, 0.15) is 11.6 Å². The SMILES string of the molecule is C=C[C@@H]1C[C@]1(NC(=O)[C@@H]1C[C@@H](Oc2nc(C3=CC=NC=I3)cc3ccccc23)CN1)C(=O)NS(=O)(=O)C1CC1. The van der Waals surface area contributed by atoms with Gasteiger partial charge in [0, 0.05) is 34.1 Å². The van der Waals surface area contributed by atoms with Gasteiger partial charge in [-0.2, -0.15) is 0 Å². The number of rotatable bonds is 9. The van der Waals surface area contributed by atoms with E-state index in [1.807, 2.05) is 34.5 Å². The van der Waals surface area contributed by atoms with Crippen LogP contribution in [0.1, 0.15) is 31.4 Å². The number of ether oxygens (including phenoxy) is 1. The molecule has 3 N–H and O–H groups in total. The lowest BCUT2D eigenvalue weighted by molar-refractivity contribution is -0.130. The highest BCUT2D eigenvalue weighted by atomic mass is 127. The third kappa shape index (κ3) is 5.29. The lowest BCUT2D eigenvalue weighted by Gasteiger charge is -2.21. The number of benzene rings is 1. The summed E-state index contributed by atoms with van der Waals surface area (Å²) in [6.07, 6.45) is 6.79. The Labute approximate surface area is 236 Å². The van der Waals surface area contributed by atoms with Crippen molar-refractivity contribution < 1.29 is 22.7 Å². The summed E-state index contributed by atoms with van der Waals surface area (Å²) >= 11 is -0.383. The minimum atomic E-state index is -3.73. The first-order valence-corrected chi connectivity index (χ1v) is 16.7. The van der Waals surface area contributed by atoms with E-state index in [-0.39, 0.29) is 38.7 Å². The van der Waals surface area contributed by atoms with Crippen molar-refractivity contribution in [1.82, 2.24) is 20.3 Å². The van der Waals surface area contributed by atoms with Gasteiger partial charge in [-0.3, -0.25) is 19.3 Å². The van der Waals surface area contributed by atoms with Crippen LogP contribution in [0.4, 0.5) is 0 Å². The number of sulfonamides is 1. The summed E-state index contributed by atoms with van der Waals surface area (Å²) in [5, 5.41) is 7.38. The van der Waals surface area contributed by atoms with Crippen molar-refractivity contribution >= 4 is 67.3 Å².